The fourth-order valence-corrected chi connectivity index (χ4v) is 5.24. The summed E-state index contributed by atoms with van der Waals surface area (Å²) < 4.78 is 2.48. The van der Waals surface area contributed by atoms with Crippen LogP contribution in [-0.2, 0) is 18.5 Å². The zero-order valence-electron chi connectivity index (χ0n) is 17.6. The Morgan fingerprint density at radius 1 is 1.15 bits per heavy atom. The van der Waals surface area contributed by atoms with Gasteiger partial charge in [-0.1, -0.05) is 29.8 Å². The molecular formula is C23H34N4. The topological polar surface area (TPSA) is 24.3 Å². The molecule has 0 atom stereocenters. The lowest BCUT2D eigenvalue weighted by molar-refractivity contribution is 0.0996. The number of aryl methyl sites for hydroxylation is 2. The Kier molecular flexibility index (Phi) is 4.89. The van der Waals surface area contributed by atoms with Crippen LogP contribution in [0.15, 0.2) is 24.3 Å². The van der Waals surface area contributed by atoms with Gasteiger partial charge in [0.15, 0.2) is 0 Å². The van der Waals surface area contributed by atoms with E-state index in [9.17, 15) is 0 Å². The van der Waals surface area contributed by atoms with Gasteiger partial charge in [0.25, 0.3) is 0 Å². The number of benzene rings is 1. The third-order valence-electron chi connectivity index (χ3n) is 6.54. The van der Waals surface area contributed by atoms with Gasteiger partial charge in [-0.3, -0.25) is 4.90 Å². The van der Waals surface area contributed by atoms with Gasteiger partial charge in [-0.15, -0.1) is 0 Å². The van der Waals surface area contributed by atoms with Crippen molar-refractivity contribution in [1.29, 1.82) is 0 Å². The van der Waals surface area contributed by atoms with Crippen molar-refractivity contribution in [3.8, 4) is 0 Å². The molecule has 2 aliphatic heterocycles. The monoisotopic (exact) mass is 366 g/mol. The van der Waals surface area contributed by atoms with Crippen LogP contribution in [0.4, 0.5) is 0 Å². The van der Waals surface area contributed by atoms with Crippen molar-refractivity contribution in [3.05, 3.63) is 52.6 Å². The summed E-state index contributed by atoms with van der Waals surface area (Å²) in [6, 6.07) is 9.45. The molecule has 0 N–H and O–H groups in total. The fourth-order valence-electron chi connectivity index (χ4n) is 5.24. The number of hydrogen-bond donors (Lipinski definition) is 0. The second-order valence-electron chi connectivity index (χ2n) is 9.14. The number of imidazole rings is 1. The number of likely N-dealkylation sites (tertiary alicyclic amines) is 1. The van der Waals surface area contributed by atoms with Gasteiger partial charge in [-0.2, -0.15) is 0 Å². The number of rotatable bonds is 3. The lowest BCUT2D eigenvalue weighted by atomic mass is 9.72. The van der Waals surface area contributed by atoms with Crippen LogP contribution >= 0.6 is 0 Å². The van der Waals surface area contributed by atoms with E-state index in [4.69, 9.17) is 4.98 Å². The third-order valence-corrected chi connectivity index (χ3v) is 6.54. The Balaban J connectivity index is 1.71. The van der Waals surface area contributed by atoms with Crippen molar-refractivity contribution in [1.82, 2.24) is 19.4 Å². The number of aromatic nitrogens is 2. The second kappa shape index (κ2) is 7.06. The summed E-state index contributed by atoms with van der Waals surface area (Å²) >= 11 is 0. The largest absolute Gasteiger partial charge is 0.328 e. The molecule has 0 saturated carbocycles. The third kappa shape index (κ3) is 3.45. The van der Waals surface area contributed by atoms with E-state index >= 15 is 0 Å². The minimum atomic E-state index is 0.217. The van der Waals surface area contributed by atoms with Crippen molar-refractivity contribution >= 4 is 0 Å². The maximum Gasteiger partial charge on any atom is 0.106 e. The van der Waals surface area contributed by atoms with Crippen molar-refractivity contribution < 1.29 is 0 Å². The van der Waals surface area contributed by atoms with Crippen molar-refractivity contribution in [2.24, 2.45) is 0 Å². The van der Waals surface area contributed by atoms with Gasteiger partial charge in [0.05, 0.1) is 11.4 Å². The Morgan fingerprint density at radius 2 is 1.89 bits per heavy atom. The van der Waals surface area contributed by atoms with Gasteiger partial charge in [0.2, 0.25) is 0 Å². The van der Waals surface area contributed by atoms with E-state index in [0.717, 1.165) is 19.6 Å². The highest BCUT2D eigenvalue weighted by atomic mass is 15.2. The minimum Gasteiger partial charge on any atom is -0.328 e. The highest BCUT2D eigenvalue weighted by Gasteiger charge is 2.44. The fraction of sp³-hybridized carbons (Fsp3) is 0.609. The highest BCUT2D eigenvalue weighted by molar-refractivity contribution is 5.32. The normalized spacial score (nSPS) is 20.4. The molecule has 146 valence electrons. The molecule has 1 fully saturated rings. The molecule has 0 radical (unpaired) electrons. The molecule has 2 aliphatic rings. The quantitative estimate of drug-likeness (QED) is 0.819. The molecule has 0 unspecified atom stereocenters. The summed E-state index contributed by atoms with van der Waals surface area (Å²) in [5.74, 6) is 1.19. The average molecular weight is 367 g/mol. The molecule has 4 rings (SSSR count). The summed E-state index contributed by atoms with van der Waals surface area (Å²) in [4.78, 5) is 10.3. The first-order valence-electron chi connectivity index (χ1n) is 10.4. The first kappa shape index (κ1) is 18.7. The first-order valence-corrected chi connectivity index (χ1v) is 10.4. The van der Waals surface area contributed by atoms with Gasteiger partial charge in [0.1, 0.15) is 5.82 Å². The molecule has 0 aliphatic carbocycles. The van der Waals surface area contributed by atoms with Gasteiger partial charge in [-0.25, -0.2) is 4.98 Å². The summed E-state index contributed by atoms with van der Waals surface area (Å²) in [7, 11) is 2.25. The molecule has 3 heterocycles. The summed E-state index contributed by atoms with van der Waals surface area (Å²) in [5.41, 5.74) is 5.86. The van der Waals surface area contributed by atoms with Crippen LogP contribution in [-0.4, -0.2) is 46.0 Å². The Labute approximate surface area is 164 Å². The van der Waals surface area contributed by atoms with Gasteiger partial charge < -0.3 is 9.47 Å². The molecular weight excluding hydrogens is 332 g/mol. The molecule has 27 heavy (non-hydrogen) atoms. The lowest BCUT2D eigenvalue weighted by Gasteiger charge is -2.46. The molecule has 4 nitrogen and oxygen atoms in total. The number of hydrogen-bond acceptors (Lipinski definition) is 3. The summed E-state index contributed by atoms with van der Waals surface area (Å²) in [6.45, 7) is 14.5. The number of piperidine rings is 1. The van der Waals surface area contributed by atoms with Crippen LogP contribution < -0.4 is 0 Å². The standard InChI is InChI=1S/C23H34N4/c1-17(2)27-19(4)24-22-21(27)15-26(14-20-8-6-7-18(3)13-20)16-23(22)9-11-25(5)12-10-23/h6-8,13,17H,9-12,14-16H2,1-5H3. The Bertz CT molecular complexity index is 812. The van der Waals surface area contributed by atoms with Crippen LogP contribution in [0.3, 0.4) is 0 Å². The predicted octanol–water partition coefficient (Wildman–Crippen LogP) is 4.06. The SMILES string of the molecule is Cc1cccc(CN2Cc3c(nc(C)n3C(C)C)C3(CCN(C)CC3)C2)c1. The molecule has 1 aromatic carbocycles. The van der Waals surface area contributed by atoms with Crippen molar-refractivity contribution in [2.45, 2.75) is 65.1 Å². The van der Waals surface area contributed by atoms with Gasteiger partial charge in [-0.05, 0) is 66.2 Å². The van der Waals surface area contributed by atoms with E-state index < -0.39 is 0 Å². The van der Waals surface area contributed by atoms with Gasteiger partial charge in [0, 0.05) is 31.1 Å². The van der Waals surface area contributed by atoms with Crippen LogP contribution in [0, 0.1) is 13.8 Å². The molecule has 2 aromatic rings. The summed E-state index contributed by atoms with van der Waals surface area (Å²) in [6.07, 6.45) is 2.44. The number of nitrogens with zero attached hydrogens (tertiary/aromatic N) is 4. The Hall–Kier alpha value is -1.65. The van der Waals surface area contributed by atoms with E-state index in [-0.39, 0.29) is 5.41 Å². The van der Waals surface area contributed by atoms with Crippen LogP contribution in [0.25, 0.3) is 0 Å². The molecule has 1 aromatic heterocycles. The molecule has 4 heteroatoms. The van der Waals surface area contributed by atoms with Crippen LogP contribution in [0.5, 0.6) is 0 Å². The van der Waals surface area contributed by atoms with Crippen LogP contribution in [0.2, 0.25) is 0 Å². The number of fused-ring (bicyclic) bond motifs is 2. The zero-order chi connectivity index (χ0) is 19.2. The van der Waals surface area contributed by atoms with E-state index in [1.165, 1.54) is 54.3 Å². The average Bonchev–Trinajstić information content (AvgIpc) is 2.95. The lowest BCUT2D eigenvalue weighted by Crippen LogP contribution is -2.51. The van der Waals surface area contributed by atoms with E-state index in [0.29, 0.717) is 6.04 Å². The molecule has 1 spiro atoms. The van der Waals surface area contributed by atoms with E-state index in [1.807, 2.05) is 0 Å². The second-order valence-corrected chi connectivity index (χ2v) is 9.14. The highest BCUT2D eigenvalue weighted by Crippen LogP contribution is 2.42. The minimum absolute atomic E-state index is 0.217. The summed E-state index contributed by atoms with van der Waals surface area (Å²) in [5, 5.41) is 0. The van der Waals surface area contributed by atoms with E-state index in [2.05, 4.69) is 73.4 Å². The smallest absolute Gasteiger partial charge is 0.106 e. The van der Waals surface area contributed by atoms with E-state index in [1.54, 1.807) is 0 Å². The molecule has 0 amide bonds. The maximum absolute atomic E-state index is 5.15. The first-order chi connectivity index (χ1) is 12.9. The zero-order valence-corrected chi connectivity index (χ0v) is 17.6. The Morgan fingerprint density at radius 3 is 2.56 bits per heavy atom. The van der Waals surface area contributed by atoms with Crippen LogP contribution in [0.1, 0.15) is 61.1 Å². The predicted molar refractivity (Wildman–Crippen MR) is 111 cm³/mol. The molecule has 0 bridgehead atoms. The maximum atomic E-state index is 5.15. The van der Waals surface area contributed by atoms with Gasteiger partial charge >= 0.3 is 0 Å². The molecule has 1 saturated heterocycles. The van der Waals surface area contributed by atoms with Crippen molar-refractivity contribution in [2.75, 3.05) is 26.7 Å². The van der Waals surface area contributed by atoms with Crippen molar-refractivity contribution in [3.63, 3.8) is 0 Å².